The molecule has 2 heterocycles. The Labute approximate surface area is 158 Å². The van der Waals surface area contributed by atoms with Gasteiger partial charge in [-0.2, -0.15) is 0 Å². The molecule has 1 N–H and O–H groups in total. The SMILES string of the molecule is CC(C)(Oc1ccc(Cl)cc1)C(=O)NCc1nccc(N2CCCC2)n1. The molecule has 0 saturated carbocycles. The van der Waals surface area contributed by atoms with Gasteiger partial charge in [-0.05, 0) is 57.0 Å². The summed E-state index contributed by atoms with van der Waals surface area (Å²) in [6.07, 6.45) is 4.11. The highest BCUT2D eigenvalue weighted by molar-refractivity contribution is 6.30. The first-order valence-electron chi connectivity index (χ1n) is 8.74. The van der Waals surface area contributed by atoms with Crippen LogP contribution in [0.5, 0.6) is 5.75 Å². The summed E-state index contributed by atoms with van der Waals surface area (Å²) in [5.41, 5.74) is -1.03. The predicted octanol–water partition coefficient (Wildman–Crippen LogP) is 3.20. The van der Waals surface area contributed by atoms with Crippen LogP contribution in [0.3, 0.4) is 0 Å². The van der Waals surface area contributed by atoms with Crippen LogP contribution in [0.2, 0.25) is 5.02 Å². The number of anilines is 1. The molecule has 1 amide bonds. The Morgan fingerprint density at radius 2 is 1.92 bits per heavy atom. The zero-order chi connectivity index (χ0) is 18.6. The van der Waals surface area contributed by atoms with E-state index in [2.05, 4.69) is 20.2 Å². The van der Waals surface area contributed by atoms with Crippen LogP contribution < -0.4 is 15.0 Å². The van der Waals surface area contributed by atoms with Gasteiger partial charge in [-0.15, -0.1) is 0 Å². The lowest BCUT2D eigenvalue weighted by Gasteiger charge is -2.25. The molecule has 7 heteroatoms. The Balaban J connectivity index is 1.58. The molecule has 0 aliphatic carbocycles. The summed E-state index contributed by atoms with van der Waals surface area (Å²) in [4.78, 5) is 23.6. The molecular formula is C19H23ClN4O2. The fourth-order valence-corrected chi connectivity index (χ4v) is 2.94. The number of rotatable bonds is 6. The van der Waals surface area contributed by atoms with E-state index in [-0.39, 0.29) is 12.5 Å². The standard InChI is InChI=1S/C19H23ClN4O2/c1-19(2,26-15-7-5-14(20)6-8-15)18(25)22-13-16-21-10-9-17(23-16)24-11-3-4-12-24/h5-10H,3-4,11-13H2,1-2H3,(H,22,25). The van der Waals surface area contributed by atoms with E-state index in [9.17, 15) is 4.79 Å². The molecule has 26 heavy (non-hydrogen) atoms. The summed E-state index contributed by atoms with van der Waals surface area (Å²) in [6.45, 7) is 5.74. The maximum absolute atomic E-state index is 12.5. The molecule has 1 aromatic heterocycles. The van der Waals surface area contributed by atoms with Crippen LogP contribution >= 0.6 is 11.6 Å². The molecule has 0 bridgehead atoms. The summed E-state index contributed by atoms with van der Waals surface area (Å²) < 4.78 is 5.79. The molecule has 2 aromatic rings. The van der Waals surface area contributed by atoms with Crippen molar-refractivity contribution < 1.29 is 9.53 Å². The van der Waals surface area contributed by atoms with Gasteiger partial charge in [-0.1, -0.05) is 11.6 Å². The molecule has 1 aromatic carbocycles. The fourth-order valence-electron chi connectivity index (χ4n) is 2.81. The number of halogens is 1. The first-order chi connectivity index (χ1) is 12.4. The summed E-state index contributed by atoms with van der Waals surface area (Å²) in [7, 11) is 0. The summed E-state index contributed by atoms with van der Waals surface area (Å²) in [5, 5.41) is 3.48. The summed E-state index contributed by atoms with van der Waals surface area (Å²) in [5.74, 6) is 1.85. The van der Waals surface area contributed by atoms with Crippen molar-refractivity contribution in [1.29, 1.82) is 0 Å². The minimum Gasteiger partial charge on any atom is -0.478 e. The van der Waals surface area contributed by atoms with Gasteiger partial charge in [-0.3, -0.25) is 4.79 Å². The lowest BCUT2D eigenvalue weighted by molar-refractivity contribution is -0.134. The van der Waals surface area contributed by atoms with Gasteiger partial charge in [0, 0.05) is 24.3 Å². The van der Waals surface area contributed by atoms with Gasteiger partial charge in [0.1, 0.15) is 17.4 Å². The molecule has 0 atom stereocenters. The monoisotopic (exact) mass is 374 g/mol. The highest BCUT2D eigenvalue weighted by Gasteiger charge is 2.30. The largest absolute Gasteiger partial charge is 0.478 e. The van der Waals surface area contributed by atoms with Crippen molar-refractivity contribution in [2.75, 3.05) is 18.0 Å². The smallest absolute Gasteiger partial charge is 0.263 e. The second-order valence-electron chi connectivity index (χ2n) is 6.77. The van der Waals surface area contributed by atoms with E-state index in [1.807, 2.05) is 6.07 Å². The van der Waals surface area contributed by atoms with Crippen molar-refractivity contribution in [2.24, 2.45) is 0 Å². The Morgan fingerprint density at radius 3 is 2.62 bits per heavy atom. The van der Waals surface area contributed by atoms with E-state index in [0.717, 1.165) is 18.9 Å². The van der Waals surface area contributed by atoms with E-state index in [1.165, 1.54) is 12.8 Å². The normalized spacial score (nSPS) is 14.3. The maximum Gasteiger partial charge on any atom is 0.263 e. The number of aromatic nitrogens is 2. The van der Waals surface area contributed by atoms with Crippen molar-refractivity contribution in [3.8, 4) is 5.75 Å². The van der Waals surface area contributed by atoms with Gasteiger partial charge >= 0.3 is 0 Å². The number of ether oxygens (including phenoxy) is 1. The molecule has 0 unspecified atom stereocenters. The number of amides is 1. The molecule has 1 saturated heterocycles. The topological polar surface area (TPSA) is 67.3 Å². The van der Waals surface area contributed by atoms with Crippen molar-refractivity contribution in [3.05, 3.63) is 47.4 Å². The zero-order valence-corrected chi connectivity index (χ0v) is 15.8. The van der Waals surface area contributed by atoms with Crippen molar-refractivity contribution in [1.82, 2.24) is 15.3 Å². The van der Waals surface area contributed by atoms with Gasteiger partial charge in [-0.25, -0.2) is 9.97 Å². The number of nitrogens with one attached hydrogen (secondary N) is 1. The van der Waals surface area contributed by atoms with Gasteiger partial charge < -0.3 is 15.0 Å². The molecule has 3 rings (SSSR count). The van der Waals surface area contributed by atoms with Crippen molar-refractivity contribution >= 4 is 23.3 Å². The van der Waals surface area contributed by atoms with Gasteiger partial charge in [0.05, 0.1) is 6.54 Å². The van der Waals surface area contributed by atoms with Crippen LogP contribution in [0.1, 0.15) is 32.5 Å². The average molecular weight is 375 g/mol. The third kappa shape index (κ3) is 4.64. The summed E-state index contributed by atoms with van der Waals surface area (Å²) in [6, 6.07) is 8.83. The van der Waals surface area contributed by atoms with Crippen LogP contribution in [0.15, 0.2) is 36.5 Å². The highest BCUT2D eigenvalue weighted by Crippen LogP contribution is 2.21. The van der Waals surface area contributed by atoms with Crippen molar-refractivity contribution in [2.45, 2.75) is 38.8 Å². The lowest BCUT2D eigenvalue weighted by atomic mass is 10.1. The first kappa shape index (κ1) is 18.5. The van der Waals surface area contributed by atoms with Gasteiger partial charge in [0.2, 0.25) is 0 Å². The van der Waals surface area contributed by atoms with Crippen LogP contribution in [-0.4, -0.2) is 34.6 Å². The van der Waals surface area contributed by atoms with Gasteiger partial charge in [0.25, 0.3) is 5.91 Å². The molecule has 0 radical (unpaired) electrons. The van der Waals surface area contributed by atoms with Crippen molar-refractivity contribution in [3.63, 3.8) is 0 Å². The number of hydrogen-bond donors (Lipinski definition) is 1. The van der Waals surface area contributed by atoms with E-state index in [1.54, 1.807) is 44.3 Å². The minimum atomic E-state index is -1.03. The summed E-state index contributed by atoms with van der Waals surface area (Å²) >= 11 is 5.87. The quantitative estimate of drug-likeness (QED) is 0.840. The highest BCUT2D eigenvalue weighted by atomic mass is 35.5. The first-order valence-corrected chi connectivity index (χ1v) is 9.11. The lowest BCUT2D eigenvalue weighted by Crippen LogP contribution is -2.46. The molecule has 138 valence electrons. The predicted molar refractivity (Wildman–Crippen MR) is 101 cm³/mol. The maximum atomic E-state index is 12.5. The molecule has 0 spiro atoms. The van der Waals surface area contributed by atoms with E-state index in [4.69, 9.17) is 16.3 Å². The van der Waals surface area contributed by atoms with Gasteiger partial charge in [0.15, 0.2) is 5.60 Å². The number of carbonyl (C=O) groups excluding carboxylic acids is 1. The molecule has 1 aliphatic rings. The Hall–Kier alpha value is -2.34. The third-order valence-corrected chi connectivity index (χ3v) is 4.51. The average Bonchev–Trinajstić information content (AvgIpc) is 3.16. The molecular weight excluding hydrogens is 352 g/mol. The third-order valence-electron chi connectivity index (χ3n) is 4.26. The molecule has 6 nitrogen and oxygen atoms in total. The number of nitrogens with zero attached hydrogens (tertiary/aromatic N) is 3. The second-order valence-corrected chi connectivity index (χ2v) is 7.21. The Bertz CT molecular complexity index is 758. The van der Waals surface area contributed by atoms with E-state index in [0.29, 0.717) is 16.6 Å². The molecule has 1 aliphatic heterocycles. The van der Waals surface area contributed by atoms with Crippen LogP contribution in [0.25, 0.3) is 0 Å². The minimum absolute atomic E-state index is 0.234. The number of hydrogen-bond acceptors (Lipinski definition) is 5. The van der Waals surface area contributed by atoms with Crippen LogP contribution in [0, 0.1) is 0 Å². The number of carbonyl (C=O) groups is 1. The molecule has 1 fully saturated rings. The van der Waals surface area contributed by atoms with E-state index < -0.39 is 5.60 Å². The van der Waals surface area contributed by atoms with E-state index >= 15 is 0 Å². The van der Waals surface area contributed by atoms with Crippen LogP contribution in [0.4, 0.5) is 5.82 Å². The second kappa shape index (κ2) is 7.91. The zero-order valence-electron chi connectivity index (χ0n) is 15.0. The Morgan fingerprint density at radius 1 is 1.23 bits per heavy atom. The Kier molecular flexibility index (Phi) is 5.61. The van der Waals surface area contributed by atoms with Crippen LogP contribution in [-0.2, 0) is 11.3 Å². The fraction of sp³-hybridized carbons (Fsp3) is 0.421. The number of benzene rings is 1.